The van der Waals surface area contributed by atoms with Gasteiger partial charge in [-0.05, 0) is 95.8 Å². The Balaban J connectivity index is 1.46. The molecule has 2 nitrogen and oxygen atoms in total. The zero-order valence-electron chi connectivity index (χ0n) is 12.6. The van der Waals surface area contributed by atoms with Gasteiger partial charge in [-0.3, -0.25) is 4.79 Å². The van der Waals surface area contributed by atoms with Crippen LogP contribution in [-0.2, 0) is 0 Å². The Kier molecular flexibility index (Phi) is 3.55. The van der Waals surface area contributed by atoms with E-state index in [2.05, 4.69) is 21.2 Å². The fourth-order valence-corrected chi connectivity index (χ4v) is 5.97. The van der Waals surface area contributed by atoms with Gasteiger partial charge in [0.05, 0.1) is 5.56 Å². The molecule has 0 aliphatic heterocycles. The van der Waals surface area contributed by atoms with Gasteiger partial charge < -0.3 is 5.32 Å². The number of hydrogen-bond donors (Lipinski definition) is 1. The van der Waals surface area contributed by atoms with Gasteiger partial charge in [-0.25, -0.2) is 4.39 Å². The molecular formula is C18H21BrFNO. The molecule has 5 rings (SSSR count). The zero-order chi connectivity index (χ0) is 15.3. The summed E-state index contributed by atoms with van der Waals surface area (Å²) >= 11 is 3.34. The highest BCUT2D eigenvalue weighted by Gasteiger charge is 2.50. The molecule has 4 aliphatic rings. The second kappa shape index (κ2) is 5.33. The molecule has 1 N–H and O–H groups in total. The van der Waals surface area contributed by atoms with Crippen LogP contribution in [0.5, 0.6) is 0 Å². The number of rotatable bonds is 3. The zero-order valence-corrected chi connectivity index (χ0v) is 14.2. The first-order valence-electron chi connectivity index (χ1n) is 8.26. The highest BCUT2D eigenvalue weighted by Crippen LogP contribution is 2.59. The van der Waals surface area contributed by atoms with E-state index < -0.39 is 0 Å². The van der Waals surface area contributed by atoms with E-state index in [4.69, 9.17) is 0 Å². The van der Waals surface area contributed by atoms with Crippen molar-refractivity contribution >= 4 is 21.8 Å². The van der Waals surface area contributed by atoms with Crippen molar-refractivity contribution in [1.82, 2.24) is 5.32 Å². The largest absolute Gasteiger partial charge is 0.351 e. The van der Waals surface area contributed by atoms with Crippen LogP contribution < -0.4 is 5.32 Å². The standard InChI is InChI=1S/C18H21BrFNO/c19-16-2-1-14(20)6-15(16)17(22)21-10-18-7-11-3-12(8-18)5-13(4-11)9-18/h1-2,6,11-13H,3-5,7-10H2,(H,21,22). The lowest BCUT2D eigenvalue weighted by atomic mass is 9.49. The molecule has 4 saturated carbocycles. The molecule has 0 saturated heterocycles. The van der Waals surface area contributed by atoms with E-state index in [0.29, 0.717) is 15.5 Å². The second-order valence-electron chi connectivity index (χ2n) is 7.72. The Labute approximate surface area is 139 Å². The van der Waals surface area contributed by atoms with Gasteiger partial charge in [0, 0.05) is 11.0 Å². The molecule has 0 aromatic heterocycles. The summed E-state index contributed by atoms with van der Waals surface area (Å²) in [7, 11) is 0. The number of nitrogens with one attached hydrogen (secondary N) is 1. The first kappa shape index (κ1) is 14.7. The summed E-state index contributed by atoms with van der Waals surface area (Å²) in [6, 6.07) is 4.26. The molecule has 0 spiro atoms. The minimum Gasteiger partial charge on any atom is -0.351 e. The summed E-state index contributed by atoms with van der Waals surface area (Å²) in [5.41, 5.74) is 0.703. The van der Waals surface area contributed by atoms with E-state index in [1.54, 1.807) is 6.07 Å². The first-order chi connectivity index (χ1) is 10.5. The predicted molar refractivity (Wildman–Crippen MR) is 87.0 cm³/mol. The lowest BCUT2D eigenvalue weighted by Gasteiger charge is -2.56. The van der Waals surface area contributed by atoms with E-state index in [0.717, 1.165) is 24.3 Å². The van der Waals surface area contributed by atoms with Crippen LogP contribution in [0.1, 0.15) is 48.9 Å². The summed E-state index contributed by atoms with van der Waals surface area (Å²) in [6.07, 6.45) is 8.02. The van der Waals surface area contributed by atoms with Gasteiger partial charge in [-0.15, -0.1) is 0 Å². The van der Waals surface area contributed by atoms with Crippen molar-refractivity contribution in [1.29, 1.82) is 0 Å². The predicted octanol–water partition coefficient (Wildman–Crippen LogP) is 4.53. The topological polar surface area (TPSA) is 29.1 Å². The third kappa shape index (κ3) is 2.60. The quantitative estimate of drug-likeness (QED) is 0.837. The lowest BCUT2D eigenvalue weighted by Crippen LogP contribution is -2.51. The Morgan fingerprint density at radius 2 is 1.77 bits per heavy atom. The average Bonchev–Trinajstić information content (AvgIpc) is 2.46. The van der Waals surface area contributed by atoms with Gasteiger partial charge in [0.15, 0.2) is 0 Å². The fourth-order valence-electron chi connectivity index (χ4n) is 5.54. The number of benzene rings is 1. The number of halogens is 2. The normalized spacial score (nSPS) is 35.6. The summed E-state index contributed by atoms with van der Waals surface area (Å²) in [5.74, 6) is 2.10. The van der Waals surface area contributed by atoms with Gasteiger partial charge >= 0.3 is 0 Å². The average molecular weight is 366 g/mol. The van der Waals surface area contributed by atoms with Crippen molar-refractivity contribution in [3.8, 4) is 0 Å². The van der Waals surface area contributed by atoms with Crippen molar-refractivity contribution in [2.45, 2.75) is 38.5 Å². The third-order valence-corrected chi connectivity index (χ3v) is 6.65. The van der Waals surface area contributed by atoms with Crippen molar-refractivity contribution in [3.63, 3.8) is 0 Å². The van der Waals surface area contributed by atoms with Gasteiger partial charge in [-0.1, -0.05) is 0 Å². The molecule has 1 aromatic carbocycles. The van der Waals surface area contributed by atoms with Crippen molar-refractivity contribution in [3.05, 3.63) is 34.1 Å². The van der Waals surface area contributed by atoms with Crippen molar-refractivity contribution < 1.29 is 9.18 Å². The summed E-state index contributed by atoms with van der Waals surface area (Å²) in [6.45, 7) is 0.748. The molecule has 4 bridgehead atoms. The molecule has 4 heteroatoms. The smallest absolute Gasteiger partial charge is 0.252 e. The molecule has 0 radical (unpaired) electrons. The van der Waals surface area contributed by atoms with E-state index in [9.17, 15) is 9.18 Å². The number of carbonyl (C=O) groups is 1. The van der Waals surface area contributed by atoms with Gasteiger partial charge in [0.1, 0.15) is 5.82 Å². The van der Waals surface area contributed by atoms with Crippen molar-refractivity contribution in [2.75, 3.05) is 6.54 Å². The molecular weight excluding hydrogens is 345 g/mol. The second-order valence-corrected chi connectivity index (χ2v) is 8.58. The van der Waals surface area contributed by atoms with Crippen LogP contribution in [0.2, 0.25) is 0 Å². The van der Waals surface area contributed by atoms with Crippen LogP contribution in [0.4, 0.5) is 4.39 Å². The molecule has 0 heterocycles. The van der Waals surface area contributed by atoms with Crippen LogP contribution in [0, 0.1) is 29.0 Å². The fraction of sp³-hybridized carbons (Fsp3) is 0.611. The summed E-state index contributed by atoms with van der Waals surface area (Å²) in [5, 5.41) is 3.09. The van der Waals surface area contributed by atoms with Crippen LogP contribution >= 0.6 is 15.9 Å². The maximum atomic E-state index is 13.4. The number of carbonyl (C=O) groups excluding carboxylic acids is 1. The maximum Gasteiger partial charge on any atom is 0.252 e. The number of amides is 1. The molecule has 4 fully saturated rings. The van der Waals surface area contributed by atoms with Crippen LogP contribution in [0.15, 0.2) is 22.7 Å². The molecule has 0 unspecified atom stereocenters. The lowest BCUT2D eigenvalue weighted by molar-refractivity contribution is -0.0503. The van der Waals surface area contributed by atoms with Crippen LogP contribution in [0.3, 0.4) is 0 Å². The number of hydrogen-bond acceptors (Lipinski definition) is 1. The maximum absolute atomic E-state index is 13.4. The van der Waals surface area contributed by atoms with Gasteiger partial charge in [-0.2, -0.15) is 0 Å². The van der Waals surface area contributed by atoms with Gasteiger partial charge in [0.25, 0.3) is 5.91 Å². The minimum atomic E-state index is -0.372. The van der Waals surface area contributed by atoms with Crippen molar-refractivity contribution in [2.24, 2.45) is 23.2 Å². The minimum absolute atomic E-state index is 0.165. The van der Waals surface area contributed by atoms with Crippen LogP contribution in [-0.4, -0.2) is 12.5 Å². The van der Waals surface area contributed by atoms with E-state index in [1.165, 1.54) is 50.7 Å². The summed E-state index contributed by atoms with van der Waals surface area (Å²) < 4.78 is 14.0. The van der Waals surface area contributed by atoms with E-state index in [1.807, 2.05) is 0 Å². The Hall–Kier alpha value is -0.900. The molecule has 1 amide bonds. The highest BCUT2D eigenvalue weighted by molar-refractivity contribution is 9.10. The monoisotopic (exact) mass is 365 g/mol. The molecule has 0 atom stereocenters. The molecule has 22 heavy (non-hydrogen) atoms. The van der Waals surface area contributed by atoms with Crippen LogP contribution in [0.25, 0.3) is 0 Å². The summed E-state index contributed by atoms with van der Waals surface area (Å²) in [4.78, 5) is 12.4. The van der Waals surface area contributed by atoms with E-state index >= 15 is 0 Å². The molecule has 118 valence electrons. The first-order valence-corrected chi connectivity index (χ1v) is 9.06. The Morgan fingerprint density at radius 3 is 2.36 bits per heavy atom. The van der Waals surface area contributed by atoms with Gasteiger partial charge in [0.2, 0.25) is 0 Å². The Bertz CT molecular complexity index is 580. The molecule has 1 aromatic rings. The van der Waals surface area contributed by atoms with E-state index in [-0.39, 0.29) is 11.7 Å². The highest BCUT2D eigenvalue weighted by atomic mass is 79.9. The SMILES string of the molecule is O=C(NCC12CC3CC(CC(C3)C1)C2)c1cc(F)ccc1Br. The third-order valence-electron chi connectivity index (χ3n) is 5.96. The Morgan fingerprint density at radius 1 is 1.18 bits per heavy atom. The molecule has 4 aliphatic carbocycles.